The van der Waals surface area contributed by atoms with Crippen LogP contribution in [0.3, 0.4) is 0 Å². The summed E-state index contributed by atoms with van der Waals surface area (Å²) in [5.41, 5.74) is 1.36. The molecule has 0 saturated carbocycles. The van der Waals surface area contributed by atoms with Crippen molar-refractivity contribution in [3.05, 3.63) is 35.9 Å². The van der Waals surface area contributed by atoms with Crippen LogP contribution in [0.15, 0.2) is 30.3 Å². The number of carbonyl (C=O) groups excluding carboxylic acids is 1. The maximum atomic E-state index is 10.8. The molecule has 1 saturated heterocycles. The van der Waals surface area contributed by atoms with Gasteiger partial charge in [0, 0.05) is 18.0 Å². The normalized spacial score (nSPS) is 27.6. The molecule has 92 valence electrons. The van der Waals surface area contributed by atoms with Crippen LogP contribution in [0.4, 0.5) is 0 Å². The van der Waals surface area contributed by atoms with E-state index in [9.17, 15) is 4.79 Å². The molecule has 0 amide bonds. The molecule has 0 radical (unpaired) electrons. The Hall–Kier alpha value is -1.15. The lowest BCUT2D eigenvalue weighted by Gasteiger charge is -2.40. The fourth-order valence-electron chi connectivity index (χ4n) is 2.85. The molecule has 1 fully saturated rings. The molecule has 2 nitrogen and oxygen atoms in total. The molecule has 3 atom stereocenters. The van der Waals surface area contributed by atoms with Crippen molar-refractivity contribution in [1.82, 2.24) is 4.90 Å². The van der Waals surface area contributed by atoms with Gasteiger partial charge in [0.15, 0.2) is 0 Å². The monoisotopic (exact) mass is 231 g/mol. The van der Waals surface area contributed by atoms with Gasteiger partial charge in [0.2, 0.25) is 0 Å². The molecule has 1 heterocycles. The van der Waals surface area contributed by atoms with Gasteiger partial charge in [-0.15, -0.1) is 0 Å². The summed E-state index contributed by atoms with van der Waals surface area (Å²) in [4.78, 5) is 13.3. The first-order valence-corrected chi connectivity index (χ1v) is 6.48. The van der Waals surface area contributed by atoms with Crippen LogP contribution in [0.2, 0.25) is 0 Å². The summed E-state index contributed by atoms with van der Waals surface area (Å²) in [5.74, 6) is 0.268. The number of hydrogen-bond donors (Lipinski definition) is 0. The fraction of sp³-hybridized carbons (Fsp3) is 0.533. The highest BCUT2D eigenvalue weighted by Crippen LogP contribution is 2.29. The summed E-state index contributed by atoms with van der Waals surface area (Å²) in [7, 11) is 0. The summed E-state index contributed by atoms with van der Waals surface area (Å²) < 4.78 is 0. The van der Waals surface area contributed by atoms with E-state index in [0.29, 0.717) is 12.1 Å². The largest absolute Gasteiger partial charge is 0.303 e. The summed E-state index contributed by atoms with van der Waals surface area (Å²) in [6.45, 7) is 5.52. The van der Waals surface area contributed by atoms with Crippen LogP contribution >= 0.6 is 0 Å². The molecule has 17 heavy (non-hydrogen) atoms. The van der Waals surface area contributed by atoms with Crippen LogP contribution in [-0.4, -0.2) is 23.8 Å². The van der Waals surface area contributed by atoms with Gasteiger partial charge in [0.25, 0.3) is 0 Å². The number of carbonyl (C=O) groups is 1. The average Bonchev–Trinajstić information content (AvgIpc) is 2.39. The minimum Gasteiger partial charge on any atom is -0.303 e. The van der Waals surface area contributed by atoms with Gasteiger partial charge in [0.1, 0.15) is 6.29 Å². The Bertz CT molecular complexity index is 362. The predicted molar refractivity (Wildman–Crippen MR) is 69.8 cm³/mol. The molecule has 0 aromatic heterocycles. The SMILES string of the molecule is CC1CC(C=O)CCN1[C@@H](C)c1ccccc1. The highest BCUT2D eigenvalue weighted by atomic mass is 16.1. The number of hydrogen-bond acceptors (Lipinski definition) is 2. The zero-order valence-corrected chi connectivity index (χ0v) is 10.7. The van der Waals surface area contributed by atoms with E-state index in [1.807, 2.05) is 0 Å². The van der Waals surface area contributed by atoms with E-state index in [1.165, 1.54) is 5.56 Å². The molecule has 1 aliphatic heterocycles. The lowest BCUT2D eigenvalue weighted by Crippen LogP contribution is -2.42. The number of piperidine rings is 1. The van der Waals surface area contributed by atoms with Crippen molar-refractivity contribution in [3.8, 4) is 0 Å². The minimum absolute atomic E-state index is 0.268. The van der Waals surface area contributed by atoms with Crippen LogP contribution in [0.25, 0.3) is 0 Å². The first kappa shape index (κ1) is 12.3. The standard InChI is InChI=1S/C15H21NO/c1-12-10-14(11-17)8-9-16(12)13(2)15-6-4-3-5-7-15/h3-7,11-14H,8-10H2,1-2H3/t12?,13-,14?/m0/s1. The van der Waals surface area contributed by atoms with Crippen LogP contribution in [0, 0.1) is 5.92 Å². The lowest BCUT2D eigenvalue weighted by molar-refractivity contribution is -0.113. The van der Waals surface area contributed by atoms with Crippen molar-refractivity contribution in [2.45, 2.75) is 38.8 Å². The number of nitrogens with zero attached hydrogens (tertiary/aromatic N) is 1. The lowest BCUT2D eigenvalue weighted by atomic mass is 9.90. The first-order valence-electron chi connectivity index (χ1n) is 6.48. The van der Waals surface area contributed by atoms with Crippen LogP contribution in [0.1, 0.15) is 38.3 Å². The second-order valence-electron chi connectivity index (χ2n) is 5.09. The summed E-state index contributed by atoms with van der Waals surface area (Å²) >= 11 is 0. The summed E-state index contributed by atoms with van der Waals surface area (Å²) in [6, 6.07) is 11.5. The molecule has 0 aliphatic carbocycles. The second kappa shape index (κ2) is 5.46. The van der Waals surface area contributed by atoms with Crippen LogP contribution in [0.5, 0.6) is 0 Å². The molecule has 1 aromatic carbocycles. The molecule has 2 heteroatoms. The zero-order valence-electron chi connectivity index (χ0n) is 10.7. The third-order valence-electron chi connectivity index (χ3n) is 3.94. The Labute approximate surface area is 104 Å². The van der Waals surface area contributed by atoms with E-state index in [1.54, 1.807) is 0 Å². The molecule has 2 rings (SSSR count). The van der Waals surface area contributed by atoms with Crippen molar-refractivity contribution in [2.24, 2.45) is 5.92 Å². The van der Waals surface area contributed by atoms with Crippen molar-refractivity contribution in [3.63, 3.8) is 0 Å². The van der Waals surface area contributed by atoms with Crippen molar-refractivity contribution < 1.29 is 4.79 Å². The summed E-state index contributed by atoms with van der Waals surface area (Å²) in [5, 5.41) is 0. The van der Waals surface area contributed by atoms with Gasteiger partial charge < -0.3 is 4.79 Å². The Morgan fingerprint density at radius 1 is 1.35 bits per heavy atom. The predicted octanol–water partition coefficient (Wildman–Crippen LogP) is 3.05. The Balaban J connectivity index is 2.06. The van der Waals surface area contributed by atoms with Crippen LogP contribution < -0.4 is 0 Å². The quantitative estimate of drug-likeness (QED) is 0.745. The van der Waals surface area contributed by atoms with E-state index >= 15 is 0 Å². The zero-order chi connectivity index (χ0) is 12.3. The maximum Gasteiger partial charge on any atom is 0.123 e. The van der Waals surface area contributed by atoms with E-state index < -0.39 is 0 Å². The highest BCUT2D eigenvalue weighted by molar-refractivity contribution is 5.53. The minimum atomic E-state index is 0.268. The van der Waals surface area contributed by atoms with Crippen molar-refractivity contribution in [1.29, 1.82) is 0 Å². The number of aldehydes is 1. The van der Waals surface area contributed by atoms with E-state index in [4.69, 9.17) is 0 Å². The Morgan fingerprint density at radius 2 is 2.06 bits per heavy atom. The molecule has 0 spiro atoms. The van der Waals surface area contributed by atoms with Crippen molar-refractivity contribution in [2.75, 3.05) is 6.54 Å². The molecule has 2 unspecified atom stereocenters. The van der Waals surface area contributed by atoms with Gasteiger partial charge in [-0.1, -0.05) is 30.3 Å². The average molecular weight is 231 g/mol. The van der Waals surface area contributed by atoms with E-state index in [-0.39, 0.29) is 5.92 Å². The van der Waals surface area contributed by atoms with Gasteiger partial charge >= 0.3 is 0 Å². The molecule has 1 aromatic rings. The first-order chi connectivity index (χ1) is 8.22. The second-order valence-corrected chi connectivity index (χ2v) is 5.09. The third kappa shape index (κ3) is 2.75. The van der Waals surface area contributed by atoms with Gasteiger partial charge in [-0.2, -0.15) is 0 Å². The molecular weight excluding hydrogens is 210 g/mol. The maximum absolute atomic E-state index is 10.8. The molecule has 0 N–H and O–H groups in total. The van der Waals surface area contributed by atoms with Crippen LogP contribution in [-0.2, 0) is 4.79 Å². The third-order valence-corrected chi connectivity index (χ3v) is 3.94. The van der Waals surface area contributed by atoms with Gasteiger partial charge in [-0.3, -0.25) is 4.90 Å². The topological polar surface area (TPSA) is 20.3 Å². The van der Waals surface area contributed by atoms with Crippen molar-refractivity contribution >= 4 is 6.29 Å². The number of benzene rings is 1. The van der Waals surface area contributed by atoms with Gasteiger partial charge in [-0.05, 0) is 38.8 Å². The molecular formula is C15H21NO. The number of likely N-dealkylation sites (tertiary alicyclic amines) is 1. The highest BCUT2D eigenvalue weighted by Gasteiger charge is 2.28. The number of rotatable bonds is 3. The fourth-order valence-corrected chi connectivity index (χ4v) is 2.85. The van der Waals surface area contributed by atoms with E-state index in [2.05, 4.69) is 49.1 Å². The van der Waals surface area contributed by atoms with E-state index in [0.717, 1.165) is 25.7 Å². The Kier molecular flexibility index (Phi) is 3.95. The Morgan fingerprint density at radius 3 is 2.65 bits per heavy atom. The smallest absolute Gasteiger partial charge is 0.123 e. The van der Waals surface area contributed by atoms with Gasteiger partial charge in [-0.25, -0.2) is 0 Å². The molecule has 0 bridgehead atoms. The molecule has 1 aliphatic rings. The summed E-state index contributed by atoms with van der Waals surface area (Å²) in [6.07, 6.45) is 3.13. The van der Waals surface area contributed by atoms with Gasteiger partial charge in [0.05, 0.1) is 0 Å².